The van der Waals surface area contributed by atoms with Crippen molar-refractivity contribution in [2.45, 2.75) is 39.6 Å². The van der Waals surface area contributed by atoms with Crippen molar-refractivity contribution in [1.29, 1.82) is 0 Å². The average Bonchev–Trinajstić information content (AvgIpc) is 2.44. The number of cyclic esters (lactones) is 2. The number of carbonyl (C=O) groups is 2. The summed E-state index contributed by atoms with van der Waals surface area (Å²) in [5.74, 6) is -3.34. The van der Waals surface area contributed by atoms with Crippen molar-refractivity contribution in [2.24, 2.45) is 0 Å². The van der Waals surface area contributed by atoms with Crippen LogP contribution in [0.2, 0.25) is 0 Å². The fourth-order valence-corrected chi connectivity index (χ4v) is 2.04. The Morgan fingerprint density at radius 3 is 2.43 bits per heavy atom. The van der Waals surface area contributed by atoms with Gasteiger partial charge >= 0.3 is 11.9 Å². The van der Waals surface area contributed by atoms with E-state index in [-0.39, 0.29) is 12.2 Å². The van der Waals surface area contributed by atoms with E-state index in [4.69, 9.17) is 14.2 Å². The third-order valence-electron chi connectivity index (χ3n) is 3.11. The second-order valence-electron chi connectivity index (χ2n) is 5.64. The number of rotatable bonds is 5. The van der Waals surface area contributed by atoms with Crippen molar-refractivity contribution in [1.82, 2.24) is 0 Å². The first-order chi connectivity index (χ1) is 10.8. The Labute approximate surface area is 134 Å². The zero-order valence-electron chi connectivity index (χ0n) is 13.3. The molecule has 0 aromatic heterocycles. The fourth-order valence-electron chi connectivity index (χ4n) is 2.04. The molecular formula is C17H19FO5. The summed E-state index contributed by atoms with van der Waals surface area (Å²) in [5.41, 5.74) is 0.514. The topological polar surface area (TPSA) is 61.8 Å². The van der Waals surface area contributed by atoms with Gasteiger partial charge in [-0.15, -0.1) is 0 Å². The van der Waals surface area contributed by atoms with Gasteiger partial charge in [-0.25, -0.2) is 14.0 Å². The average molecular weight is 322 g/mol. The van der Waals surface area contributed by atoms with E-state index >= 15 is 0 Å². The summed E-state index contributed by atoms with van der Waals surface area (Å²) < 4.78 is 29.3. The molecule has 0 amide bonds. The molecule has 0 saturated carbocycles. The summed E-state index contributed by atoms with van der Waals surface area (Å²) in [5, 5.41) is 0. The second-order valence-corrected chi connectivity index (χ2v) is 5.64. The molecule has 124 valence electrons. The highest BCUT2D eigenvalue weighted by Crippen LogP contribution is 2.24. The van der Waals surface area contributed by atoms with Crippen LogP contribution in [0.15, 0.2) is 23.8 Å². The van der Waals surface area contributed by atoms with E-state index in [2.05, 4.69) is 0 Å². The Balaban J connectivity index is 2.18. The Morgan fingerprint density at radius 1 is 1.22 bits per heavy atom. The largest absolute Gasteiger partial charge is 0.419 e. The van der Waals surface area contributed by atoms with Gasteiger partial charge in [-0.2, -0.15) is 0 Å². The van der Waals surface area contributed by atoms with Gasteiger partial charge < -0.3 is 14.2 Å². The summed E-state index contributed by atoms with van der Waals surface area (Å²) >= 11 is 0. The van der Waals surface area contributed by atoms with Gasteiger partial charge in [0.25, 0.3) is 5.79 Å². The highest BCUT2D eigenvalue weighted by Gasteiger charge is 2.38. The van der Waals surface area contributed by atoms with Crippen LogP contribution in [-0.2, 0) is 30.4 Å². The Kier molecular flexibility index (Phi) is 5.15. The number of halogens is 1. The maximum atomic E-state index is 14.0. The number of esters is 2. The summed E-state index contributed by atoms with van der Waals surface area (Å²) in [6, 6.07) is 4.39. The number of ether oxygens (including phenoxy) is 3. The monoisotopic (exact) mass is 322 g/mol. The van der Waals surface area contributed by atoms with E-state index in [1.807, 2.05) is 6.92 Å². The number of carbonyl (C=O) groups excluding carboxylic acids is 2. The minimum absolute atomic E-state index is 0.175. The van der Waals surface area contributed by atoms with E-state index in [0.29, 0.717) is 17.7 Å². The number of benzene rings is 1. The molecule has 0 N–H and O–H groups in total. The second kappa shape index (κ2) is 6.91. The van der Waals surface area contributed by atoms with Gasteiger partial charge in [-0.3, -0.25) is 0 Å². The maximum Gasteiger partial charge on any atom is 0.348 e. The summed E-state index contributed by atoms with van der Waals surface area (Å²) in [6.45, 7) is 5.62. The highest BCUT2D eigenvalue weighted by molar-refractivity contribution is 6.18. The highest BCUT2D eigenvalue weighted by atomic mass is 19.1. The van der Waals surface area contributed by atoms with Crippen LogP contribution in [0.1, 0.15) is 38.3 Å². The molecule has 0 unspecified atom stereocenters. The normalized spacial score (nSPS) is 16.8. The van der Waals surface area contributed by atoms with Crippen LogP contribution in [-0.4, -0.2) is 24.3 Å². The van der Waals surface area contributed by atoms with Gasteiger partial charge in [0.2, 0.25) is 0 Å². The minimum atomic E-state index is -1.29. The van der Waals surface area contributed by atoms with Crippen molar-refractivity contribution in [3.63, 3.8) is 0 Å². The molecule has 0 aliphatic carbocycles. The SMILES string of the molecule is CCCOCc1ccc(C=C2C(=O)OC(C)(C)OC2=O)cc1F. The fraction of sp³-hybridized carbons (Fsp3) is 0.412. The number of hydrogen-bond donors (Lipinski definition) is 0. The van der Waals surface area contributed by atoms with Crippen LogP contribution in [0.25, 0.3) is 6.08 Å². The van der Waals surface area contributed by atoms with E-state index in [1.165, 1.54) is 26.0 Å². The van der Waals surface area contributed by atoms with E-state index in [1.54, 1.807) is 12.1 Å². The summed E-state index contributed by atoms with van der Waals surface area (Å²) in [4.78, 5) is 23.7. The van der Waals surface area contributed by atoms with Gasteiger partial charge in [-0.1, -0.05) is 19.1 Å². The summed E-state index contributed by atoms with van der Waals surface area (Å²) in [7, 11) is 0. The first kappa shape index (κ1) is 17.1. The van der Waals surface area contributed by atoms with Gasteiger partial charge in [0.05, 0.1) is 6.61 Å². The molecule has 1 aliphatic rings. The van der Waals surface area contributed by atoms with Crippen LogP contribution in [0.3, 0.4) is 0 Å². The number of hydrogen-bond acceptors (Lipinski definition) is 5. The van der Waals surface area contributed by atoms with Crippen LogP contribution >= 0.6 is 0 Å². The molecule has 2 rings (SSSR count). The molecule has 0 atom stereocenters. The van der Waals surface area contributed by atoms with E-state index < -0.39 is 23.5 Å². The molecule has 5 nitrogen and oxygen atoms in total. The molecule has 0 spiro atoms. The van der Waals surface area contributed by atoms with Crippen LogP contribution in [0, 0.1) is 5.82 Å². The molecule has 1 heterocycles. The molecule has 1 fully saturated rings. The Bertz CT molecular complexity index is 626. The molecule has 0 bridgehead atoms. The van der Waals surface area contributed by atoms with Crippen molar-refractivity contribution in [3.8, 4) is 0 Å². The van der Waals surface area contributed by atoms with Crippen molar-refractivity contribution in [2.75, 3.05) is 6.61 Å². The Morgan fingerprint density at radius 2 is 1.87 bits per heavy atom. The Hall–Kier alpha value is -2.21. The van der Waals surface area contributed by atoms with Crippen molar-refractivity contribution < 1.29 is 28.2 Å². The van der Waals surface area contributed by atoms with Crippen molar-refractivity contribution >= 4 is 18.0 Å². The zero-order valence-corrected chi connectivity index (χ0v) is 13.3. The smallest absolute Gasteiger partial charge is 0.348 e. The summed E-state index contributed by atoms with van der Waals surface area (Å²) in [6.07, 6.45) is 2.10. The zero-order chi connectivity index (χ0) is 17.0. The maximum absolute atomic E-state index is 14.0. The van der Waals surface area contributed by atoms with Gasteiger partial charge in [0.1, 0.15) is 11.4 Å². The first-order valence-corrected chi connectivity index (χ1v) is 7.37. The standard InChI is InChI=1S/C17H19FO5/c1-4-7-21-10-12-6-5-11(9-14(12)18)8-13-15(19)22-17(2,3)23-16(13)20/h5-6,8-9H,4,7,10H2,1-3H3. The third-order valence-corrected chi connectivity index (χ3v) is 3.11. The van der Waals surface area contributed by atoms with E-state index in [9.17, 15) is 14.0 Å². The van der Waals surface area contributed by atoms with Gasteiger partial charge in [0.15, 0.2) is 0 Å². The predicted octanol–water partition coefficient (Wildman–Crippen LogP) is 2.97. The third kappa shape index (κ3) is 4.39. The lowest BCUT2D eigenvalue weighted by Gasteiger charge is -2.29. The molecule has 0 radical (unpaired) electrons. The lowest BCUT2D eigenvalue weighted by Crippen LogP contribution is -2.41. The molecule has 6 heteroatoms. The van der Waals surface area contributed by atoms with Crippen LogP contribution in [0.4, 0.5) is 4.39 Å². The van der Waals surface area contributed by atoms with Gasteiger partial charge in [0, 0.05) is 26.0 Å². The van der Waals surface area contributed by atoms with Gasteiger partial charge in [-0.05, 0) is 24.1 Å². The molecule has 1 aromatic carbocycles. The van der Waals surface area contributed by atoms with E-state index in [0.717, 1.165) is 6.42 Å². The molecule has 1 aromatic rings. The van der Waals surface area contributed by atoms with Crippen molar-refractivity contribution in [3.05, 3.63) is 40.7 Å². The van der Waals surface area contributed by atoms with Crippen LogP contribution in [0.5, 0.6) is 0 Å². The van der Waals surface area contributed by atoms with Crippen LogP contribution < -0.4 is 0 Å². The molecule has 1 saturated heterocycles. The lowest BCUT2D eigenvalue weighted by atomic mass is 10.1. The molecular weight excluding hydrogens is 303 g/mol. The quantitative estimate of drug-likeness (QED) is 0.361. The molecule has 23 heavy (non-hydrogen) atoms. The minimum Gasteiger partial charge on any atom is -0.419 e. The first-order valence-electron chi connectivity index (χ1n) is 7.37. The molecule has 1 aliphatic heterocycles. The predicted molar refractivity (Wildman–Crippen MR) is 80.6 cm³/mol. The lowest BCUT2D eigenvalue weighted by molar-refractivity contribution is -0.222.